The summed E-state index contributed by atoms with van der Waals surface area (Å²) in [6.45, 7) is 6.17. The van der Waals surface area contributed by atoms with Crippen molar-refractivity contribution in [3.8, 4) is 0 Å². The number of halogens is 1. The van der Waals surface area contributed by atoms with Crippen LogP contribution in [0.3, 0.4) is 0 Å². The van der Waals surface area contributed by atoms with E-state index in [1.807, 2.05) is 4.90 Å². The number of carbonyl (C=O) groups is 2. The predicted molar refractivity (Wildman–Crippen MR) is 120 cm³/mol. The summed E-state index contributed by atoms with van der Waals surface area (Å²) < 4.78 is 20.2. The molecule has 2 N–H and O–H groups in total. The van der Waals surface area contributed by atoms with Crippen LogP contribution in [-0.4, -0.2) is 79.0 Å². The zero-order valence-corrected chi connectivity index (χ0v) is 18.7. The molecule has 0 saturated carbocycles. The molecule has 2 aliphatic heterocycles. The van der Waals surface area contributed by atoms with Gasteiger partial charge in [-0.05, 0) is 24.1 Å². The summed E-state index contributed by atoms with van der Waals surface area (Å²) in [7, 11) is 0. The molecule has 0 radical (unpaired) electrons. The van der Waals surface area contributed by atoms with E-state index in [9.17, 15) is 14.0 Å². The molecule has 31 heavy (non-hydrogen) atoms. The van der Waals surface area contributed by atoms with Crippen LogP contribution in [0.4, 0.5) is 20.6 Å². The SMILES string of the molecule is CC(C)CC(=S)NCC1CN(c2ccc(N3CCN(C(=O)CO)CC3)c(F)c2)C(=O)O1. The molecule has 0 aliphatic carbocycles. The number of nitrogens with one attached hydrogen (secondary N) is 1. The fourth-order valence-corrected chi connectivity index (χ4v) is 4.14. The Morgan fingerprint density at radius 2 is 2.03 bits per heavy atom. The van der Waals surface area contributed by atoms with E-state index < -0.39 is 18.5 Å². The second-order valence-corrected chi connectivity index (χ2v) is 8.67. The van der Waals surface area contributed by atoms with Gasteiger partial charge < -0.3 is 25.0 Å². The average molecular weight is 453 g/mol. The van der Waals surface area contributed by atoms with Gasteiger partial charge in [-0.3, -0.25) is 9.69 Å². The third kappa shape index (κ3) is 5.82. The molecule has 170 valence electrons. The van der Waals surface area contributed by atoms with Crippen molar-refractivity contribution < 1.29 is 23.8 Å². The summed E-state index contributed by atoms with van der Waals surface area (Å²) in [6.07, 6.45) is -0.100. The molecule has 2 saturated heterocycles. The number of cyclic esters (lactones) is 1. The number of carbonyl (C=O) groups excluding carboxylic acids is 2. The number of ether oxygens (including phenoxy) is 1. The Bertz CT molecular complexity index is 830. The highest BCUT2D eigenvalue weighted by molar-refractivity contribution is 7.80. The summed E-state index contributed by atoms with van der Waals surface area (Å²) in [5, 5.41) is 12.1. The first-order valence-corrected chi connectivity index (χ1v) is 10.9. The van der Waals surface area contributed by atoms with Gasteiger partial charge >= 0.3 is 6.09 Å². The van der Waals surface area contributed by atoms with Gasteiger partial charge in [-0.2, -0.15) is 0 Å². The van der Waals surface area contributed by atoms with Crippen LogP contribution in [0, 0.1) is 11.7 Å². The lowest BCUT2D eigenvalue weighted by Crippen LogP contribution is -2.49. The Morgan fingerprint density at radius 1 is 1.32 bits per heavy atom. The number of hydrogen-bond donors (Lipinski definition) is 2. The van der Waals surface area contributed by atoms with Gasteiger partial charge in [0.2, 0.25) is 5.91 Å². The van der Waals surface area contributed by atoms with Gasteiger partial charge in [0.25, 0.3) is 0 Å². The summed E-state index contributed by atoms with van der Waals surface area (Å²) in [5.41, 5.74) is 0.859. The monoisotopic (exact) mass is 452 g/mol. The summed E-state index contributed by atoms with van der Waals surface area (Å²) in [4.78, 5) is 29.4. The minimum Gasteiger partial charge on any atom is -0.442 e. The molecule has 1 aromatic rings. The third-order valence-corrected chi connectivity index (χ3v) is 5.66. The first-order valence-electron chi connectivity index (χ1n) is 10.5. The lowest BCUT2D eigenvalue weighted by molar-refractivity contribution is -0.134. The van der Waals surface area contributed by atoms with Crippen LogP contribution in [-0.2, 0) is 9.53 Å². The Kier molecular flexibility index (Phi) is 7.66. The largest absolute Gasteiger partial charge is 0.442 e. The van der Waals surface area contributed by atoms with E-state index in [2.05, 4.69) is 19.2 Å². The van der Waals surface area contributed by atoms with Gasteiger partial charge in [-0.25, -0.2) is 9.18 Å². The Labute approximate surface area is 186 Å². The van der Waals surface area contributed by atoms with Crippen molar-refractivity contribution in [1.29, 1.82) is 0 Å². The summed E-state index contributed by atoms with van der Waals surface area (Å²) in [5.74, 6) is -0.314. The van der Waals surface area contributed by atoms with Gasteiger partial charge in [0, 0.05) is 32.6 Å². The number of thiocarbonyl (C=S) groups is 1. The maximum Gasteiger partial charge on any atom is 0.414 e. The molecule has 2 fully saturated rings. The topological polar surface area (TPSA) is 85.4 Å². The van der Waals surface area contributed by atoms with E-state index in [1.54, 1.807) is 17.0 Å². The van der Waals surface area contributed by atoms with Gasteiger partial charge in [0.05, 0.1) is 29.5 Å². The van der Waals surface area contributed by atoms with Crippen molar-refractivity contribution in [1.82, 2.24) is 10.2 Å². The van der Waals surface area contributed by atoms with Crippen LogP contribution in [0.25, 0.3) is 0 Å². The average Bonchev–Trinajstić information content (AvgIpc) is 3.12. The van der Waals surface area contributed by atoms with Crippen molar-refractivity contribution in [2.24, 2.45) is 5.92 Å². The Morgan fingerprint density at radius 3 is 2.65 bits per heavy atom. The molecule has 1 aromatic carbocycles. The number of hydrogen-bond acceptors (Lipinski definition) is 6. The van der Waals surface area contributed by atoms with Gasteiger partial charge in [-0.15, -0.1) is 0 Å². The molecule has 2 aliphatic rings. The number of rotatable bonds is 7. The molecule has 3 rings (SSSR count). The highest BCUT2D eigenvalue weighted by atomic mass is 32.1. The van der Waals surface area contributed by atoms with Crippen molar-refractivity contribution >= 4 is 40.6 Å². The van der Waals surface area contributed by atoms with Crippen LogP contribution in [0.5, 0.6) is 0 Å². The fourth-order valence-electron chi connectivity index (χ4n) is 3.73. The molecule has 0 bridgehead atoms. The lowest BCUT2D eigenvalue weighted by Gasteiger charge is -2.36. The third-order valence-electron chi connectivity index (χ3n) is 5.35. The molecule has 1 unspecified atom stereocenters. The minimum absolute atomic E-state index is 0.316. The number of benzene rings is 1. The van der Waals surface area contributed by atoms with E-state index in [1.165, 1.54) is 11.0 Å². The zero-order chi connectivity index (χ0) is 22.5. The van der Waals surface area contributed by atoms with E-state index in [0.29, 0.717) is 56.6 Å². The van der Waals surface area contributed by atoms with E-state index >= 15 is 0 Å². The highest BCUT2D eigenvalue weighted by Gasteiger charge is 2.33. The Hall–Kier alpha value is -2.46. The standard InChI is InChI=1S/C21H29FN4O4S/c1-14(2)9-19(31)23-11-16-12-26(21(29)30-16)15-3-4-18(17(22)10-15)24-5-7-25(8-6-24)20(28)13-27/h3-4,10,14,16,27H,5-9,11-13H2,1-2H3,(H,23,31). The molecule has 1 atom stereocenters. The second kappa shape index (κ2) is 10.2. The number of nitrogens with zero attached hydrogens (tertiary/aromatic N) is 3. The normalized spacial score (nSPS) is 19.1. The first kappa shape index (κ1) is 23.2. The summed E-state index contributed by atoms with van der Waals surface area (Å²) in [6, 6.07) is 4.68. The molecule has 2 amide bonds. The number of aliphatic hydroxyl groups is 1. The minimum atomic E-state index is -0.519. The number of amides is 2. The predicted octanol–water partition coefficient (Wildman–Crippen LogP) is 1.75. The summed E-state index contributed by atoms with van der Waals surface area (Å²) >= 11 is 5.29. The molecule has 8 nitrogen and oxygen atoms in total. The molecule has 0 spiro atoms. The molecule has 10 heteroatoms. The molecular weight excluding hydrogens is 423 g/mol. The van der Waals surface area contributed by atoms with Crippen molar-refractivity contribution in [3.05, 3.63) is 24.0 Å². The molecule has 2 heterocycles. The molecular formula is C21H29FN4O4S. The van der Waals surface area contributed by atoms with Crippen molar-refractivity contribution in [2.45, 2.75) is 26.4 Å². The van der Waals surface area contributed by atoms with Gasteiger partial charge in [0.1, 0.15) is 18.5 Å². The Balaban J connectivity index is 1.58. The van der Waals surface area contributed by atoms with Crippen LogP contribution in [0.15, 0.2) is 18.2 Å². The number of anilines is 2. The van der Waals surface area contributed by atoms with Gasteiger partial charge in [-0.1, -0.05) is 26.1 Å². The van der Waals surface area contributed by atoms with E-state index in [0.717, 1.165) is 11.4 Å². The van der Waals surface area contributed by atoms with Crippen molar-refractivity contribution in [2.75, 3.05) is 55.7 Å². The van der Waals surface area contributed by atoms with E-state index in [4.69, 9.17) is 22.1 Å². The van der Waals surface area contributed by atoms with Crippen LogP contribution in [0.1, 0.15) is 20.3 Å². The quantitative estimate of drug-likeness (QED) is 0.610. The molecule has 0 aromatic heterocycles. The maximum atomic E-state index is 14.8. The zero-order valence-electron chi connectivity index (χ0n) is 17.8. The number of piperazine rings is 1. The van der Waals surface area contributed by atoms with Crippen LogP contribution >= 0.6 is 12.2 Å². The fraction of sp³-hybridized carbons (Fsp3) is 0.571. The number of aliphatic hydroxyl groups excluding tert-OH is 1. The van der Waals surface area contributed by atoms with Gasteiger partial charge in [0.15, 0.2) is 0 Å². The van der Waals surface area contributed by atoms with Crippen molar-refractivity contribution in [3.63, 3.8) is 0 Å². The smallest absolute Gasteiger partial charge is 0.414 e. The first-order chi connectivity index (χ1) is 14.8. The van der Waals surface area contributed by atoms with Crippen LogP contribution in [0.2, 0.25) is 0 Å². The second-order valence-electron chi connectivity index (χ2n) is 8.18. The maximum absolute atomic E-state index is 14.8. The highest BCUT2D eigenvalue weighted by Crippen LogP contribution is 2.28. The van der Waals surface area contributed by atoms with Crippen LogP contribution < -0.4 is 15.1 Å². The van der Waals surface area contributed by atoms with E-state index in [-0.39, 0.29) is 12.0 Å². The lowest BCUT2D eigenvalue weighted by atomic mass is 10.1.